The molecule has 0 N–H and O–H groups in total. The minimum absolute atomic E-state index is 0.0500. The summed E-state index contributed by atoms with van der Waals surface area (Å²) in [6.45, 7) is 7.35. The Bertz CT molecular complexity index is 506. The van der Waals surface area contributed by atoms with Crippen LogP contribution in [0.1, 0.15) is 59.8 Å². The van der Waals surface area contributed by atoms with E-state index in [1.54, 1.807) is 26.8 Å². The van der Waals surface area contributed by atoms with Gasteiger partial charge in [0.1, 0.15) is 5.60 Å². The van der Waals surface area contributed by atoms with Gasteiger partial charge in [-0.1, -0.05) is 25.0 Å². The van der Waals surface area contributed by atoms with Gasteiger partial charge in [0.25, 0.3) is 0 Å². The summed E-state index contributed by atoms with van der Waals surface area (Å²) in [6.07, 6.45) is 5.17. The van der Waals surface area contributed by atoms with E-state index in [1.165, 1.54) is 6.08 Å². The number of hydrogen-bond donors (Lipinski definition) is 0. The first-order chi connectivity index (χ1) is 10.2. The van der Waals surface area contributed by atoms with Crippen LogP contribution >= 0.6 is 0 Å². The Hall–Kier alpha value is -1.91. The molecule has 1 aliphatic carbocycles. The summed E-state index contributed by atoms with van der Waals surface area (Å²) in [6, 6.07) is 0. The van der Waals surface area contributed by atoms with Crippen LogP contribution in [0.25, 0.3) is 0 Å². The summed E-state index contributed by atoms with van der Waals surface area (Å²) in [5.41, 5.74) is 0.110. The zero-order valence-electron chi connectivity index (χ0n) is 13.7. The monoisotopic (exact) mass is 308 g/mol. The summed E-state index contributed by atoms with van der Waals surface area (Å²) in [7, 11) is 0. The Morgan fingerprint density at radius 1 is 1.18 bits per heavy atom. The molecular weight excluding hydrogens is 284 g/mol. The molecule has 0 aromatic carbocycles. The van der Waals surface area contributed by atoms with Crippen LogP contribution in [-0.4, -0.2) is 23.3 Å². The molecule has 22 heavy (non-hydrogen) atoms. The van der Waals surface area contributed by atoms with Gasteiger partial charge < -0.3 is 9.47 Å². The van der Waals surface area contributed by atoms with E-state index in [1.807, 2.05) is 6.92 Å². The maximum absolute atomic E-state index is 11.9. The van der Waals surface area contributed by atoms with Crippen LogP contribution in [0.4, 0.5) is 0 Å². The molecular formula is C17H24O5. The molecule has 0 aromatic heterocycles. The van der Waals surface area contributed by atoms with Crippen LogP contribution in [0.5, 0.6) is 0 Å². The number of carbonyl (C=O) groups excluding carboxylic acids is 3. The summed E-state index contributed by atoms with van der Waals surface area (Å²) < 4.78 is 10.3. The molecule has 0 spiro atoms. The highest BCUT2D eigenvalue weighted by Crippen LogP contribution is 2.21. The quantitative estimate of drug-likeness (QED) is 0.705. The lowest BCUT2D eigenvalue weighted by Crippen LogP contribution is -2.24. The minimum Gasteiger partial charge on any atom is -0.460 e. The SMILES string of the molecule is CCCCC(=O)OC1=CC=C(CC(=O)OC(C)(C)C)CC1=O. The van der Waals surface area contributed by atoms with Gasteiger partial charge >= 0.3 is 11.9 Å². The Morgan fingerprint density at radius 3 is 2.41 bits per heavy atom. The molecule has 122 valence electrons. The third-order valence-electron chi connectivity index (χ3n) is 2.88. The van der Waals surface area contributed by atoms with Crippen LogP contribution in [0.3, 0.4) is 0 Å². The number of Topliss-reactive ketones (excluding diaryl/α,β-unsaturated/α-hetero) is 1. The zero-order chi connectivity index (χ0) is 16.8. The van der Waals surface area contributed by atoms with Crippen LogP contribution in [0.2, 0.25) is 0 Å². The van der Waals surface area contributed by atoms with Gasteiger partial charge in [0.05, 0.1) is 6.42 Å². The maximum atomic E-state index is 11.9. The van der Waals surface area contributed by atoms with Crippen LogP contribution in [0.15, 0.2) is 23.5 Å². The first-order valence-corrected chi connectivity index (χ1v) is 7.56. The first kappa shape index (κ1) is 18.1. The second-order valence-corrected chi connectivity index (χ2v) is 6.30. The topological polar surface area (TPSA) is 69.7 Å². The average molecular weight is 308 g/mol. The number of esters is 2. The number of ketones is 1. The normalized spacial score (nSPS) is 15.0. The number of hydrogen-bond acceptors (Lipinski definition) is 5. The molecule has 0 fully saturated rings. The van der Waals surface area contributed by atoms with E-state index in [9.17, 15) is 14.4 Å². The van der Waals surface area contributed by atoms with Crippen molar-refractivity contribution in [3.63, 3.8) is 0 Å². The highest BCUT2D eigenvalue weighted by Gasteiger charge is 2.23. The zero-order valence-corrected chi connectivity index (χ0v) is 13.7. The summed E-state index contributed by atoms with van der Waals surface area (Å²) in [5.74, 6) is -1.01. The van der Waals surface area contributed by atoms with Crippen molar-refractivity contribution in [3.05, 3.63) is 23.5 Å². The predicted molar refractivity (Wildman–Crippen MR) is 81.9 cm³/mol. The Kier molecular flexibility index (Phi) is 6.53. The molecule has 0 aromatic rings. The Labute approximate surface area is 131 Å². The first-order valence-electron chi connectivity index (χ1n) is 7.56. The van der Waals surface area contributed by atoms with E-state index in [-0.39, 0.29) is 30.4 Å². The van der Waals surface area contributed by atoms with E-state index in [2.05, 4.69) is 0 Å². The van der Waals surface area contributed by atoms with E-state index >= 15 is 0 Å². The molecule has 0 atom stereocenters. The highest BCUT2D eigenvalue weighted by atomic mass is 16.6. The van der Waals surface area contributed by atoms with Gasteiger partial charge in [-0.15, -0.1) is 0 Å². The summed E-state index contributed by atoms with van der Waals surface area (Å²) >= 11 is 0. The van der Waals surface area contributed by atoms with E-state index < -0.39 is 11.6 Å². The minimum atomic E-state index is -0.549. The second-order valence-electron chi connectivity index (χ2n) is 6.30. The molecule has 0 amide bonds. The predicted octanol–water partition coefficient (Wildman–Crippen LogP) is 3.23. The molecule has 0 saturated carbocycles. The van der Waals surface area contributed by atoms with Crippen LogP contribution in [0, 0.1) is 0 Å². The van der Waals surface area contributed by atoms with Crippen LogP contribution < -0.4 is 0 Å². The van der Waals surface area contributed by atoms with Crippen molar-refractivity contribution >= 4 is 17.7 Å². The molecule has 0 saturated heterocycles. The fraction of sp³-hybridized carbons (Fsp3) is 0.588. The summed E-state index contributed by atoms with van der Waals surface area (Å²) in [5, 5.41) is 0. The van der Waals surface area contributed by atoms with Crippen molar-refractivity contribution in [1.82, 2.24) is 0 Å². The fourth-order valence-electron chi connectivity index (χ4n) is 1.91. The largest absolute Gasteiger partial charge is 0.460 e. The van der Waals surface area contributed by atoms with E-state index in [0.29, 0.717) is 12.0 Å². The van der Waals surface area contributed by atoms with Gasteiger partial charge in [-0.3, -0.25) is 14.4 Å². The third-order valence-corrected chi connectivity index (χ3v) is 2.88. The number of rotatable bonds is 6. The average Bonchev–Trinajstić information content (AvgIpc) is 2.37. The lowest BCUT2D eigenvalue weighted by molar-refractivity contribution is -0.154. The maximum Gasteiger partial charge on any atom is 0.311 e. The molecule has 5 heteroatoms. The molecule has 5 nitrogen and oxygen atoms in total. The van der Waals surface area contributed by atoms with Gasteiger partial charge in [-0.2, -0.15) is 0 Å². The lowest BCUT2D eigenvalue weighted by atomic mass is 9.99. The second kappa shape index (κ2) is 7.92. The number of carbonyl (C=O) groups is 3. The van der Waals surface area contributed by atoms with E-state index in [4.69, 9.17) is 9.47 Å². The molecule has 0 heterocycles. The van der Waals surface area contributed by atoms with Crippen molar-refractivity contribution < 1.29 is 23.9 Å². The molecule has 1 rings (SSSR count). The summed E-state index contributed by atoms with van der Waals surface area (Å²) in [4.78, 5) is 35.2. The van der Waals surface area contributed by atoms with Crippen molar-refractivity contribution in [2.45, 2.75) is 65.4 Å². The van der Waals surface area contributed by atoms with Crippen molar-refractivity contribution in [1.29, 1.82) is 0 Å². The molecule has 1 aliphatic rings. The van der Waals surface area contributed by atoms with Crippen LogP contribution in [-0.2, 0) is 23.9 Å². The third kappa shape index (κ3) is 6.70. The van der Waals surface area contributed by atoms with Gasteiger partial charge in [0.15, 0.2) is 5.76 Å². The van der Waals surface area contributed by atoms with Crippen molar-refractivity contribution in [2.24, 2.45) is 0 Å². The lowest BCUT2D eigenvalue weighted by Gasteiger charge is -2.20. The number of unbranched alkanes of at least 4 members (excludes halogenated alkanes) is 1. The van der Waals surface area contributed by atoms with Gasteiger partial charge in [-0.25, -0.2) is 0 Å². The van der Waals surface area contributed by atoms with Crippen molar-refractivity contribution in [2.75, 3.05) is 0 Å². The van der Waals surface area contributed by atoms with Gasteiger partial charge in [-0.05, 0) is 33.3 Å². The molecule has 0 bridgehead atoms. The Balaban J connectivity index is 2.59. The molecule has 0 aliphatic heterocycles. The van der Waals surface area contributed by atoms with Gasteiger partial charge in [0.2, 0.25) is 5.78 Å². The van der Waals surface area contributed by atoms with Crippen molar-refractivity contribution in [3.8, 4) is 0 Å². The fourth-order valence-corrected chi connectivity index (χ4v) is 1.91. The smallest absolute Gasteiger partial charge is 0.311 e. The number of ether oxygens (including phenoxy) is 2. The van der Waals surface area contributed by atoms with Gasteiger partial charge in [0, 0.05) is 12.8 Å². The Morgan fingerprint density at radius 2 is 1.86 bits per heavy atom. The standard InChI is InChI=1S/C17H24O5/c1-5-6-7-15(19)21-14-9-8-12(10-13(14)18)11-16(20)22-17(2,3)4/h8-9H,5-7,10-11H2,1-4H3. The molecule has 0 radical (unpaired) electrons. The molecule has 0 unspecified atom stereocenters. The number of allylic oxidation sites excluding steroid dienone is 3. The van der Waals surface area contributed by atoms with E-state index in [0.717, 1.165) is 12.8 Å². The highest BCUT2D eigenvalue weighted by molar-refractivity contribution is 5.99.